The Morgan fingerprint density at radius 3 is 2.46 bits per heavy atom. The number of hydrogen-bond donors (Lipinski definition) is 1. The second-order valence-corrected chi connectivity index (χ2v) is 6.37. The zero-order chi connectivity index (χ0) is 19.1. The topological polar surface area (TPSA) is 64.6 Å². The number of halogens is 2. The first kappa shape index (κ1) is 20.1. The monoisotopic (exact) mass is 395 g/mol. The van der Waals surface area contributed by atoms with Crippen molar-refractivity contribution in [3.63, 3.8) is 0 Å². The second kappa shape index (κ2) is 9.46. The third-order valence-corrected chi connectivity index (χ3v) is 3.95. The van der Waals surface area contributed by atoms with E-state index in [-0.39, 0.29) is 5.91 Å². The van der Waals surface area contributed by atoms with E-state index in [2.05, 4.69) is 5.32 Å². The molecular formula is C19H19Cl2NO4. The minimum absolute atomic E-state index is 0.337. The molecule has 0 bridgehead atoms. The molecule has 1 N–H and O–H groups in total. The van der Waals surface area contributed by atoms with E-state index in [1.54, 1.807) is 49.4 Å². The average molecular weight is 396 g/mol. The van der Waals surface area contributed by atoms with Crippen molar-refractivity contribution in [3.8, 4) is 5.75 Å². The molecule has 2 rings (SSSR count). The first-order valence-electron chi connectivity index (χ1n) is 8.10. The van der Waals surface area contributed by atoms with Gasteiger partial charge in [-0.05, 0) is 55.8 Å². The van der Waals surface area contributed by atoms with Gasteiger partial charge in [-0.15, -0.1) is 0 Å². The minimum Gasteiger partial charge on any atom is -0.479 e. The highest BCUT2D eigenvalue weighted by molar-refractivity contribution is 6.35. The van der Waals surface area contributed by atoms with E-state index in [9.17, 15) is 9.59 Å². The van der Waals surface area contributed by atoms with Crippen molar-refractivity contribution < 1.29 is 19.1 Å². The molecule has 7 heteroatoms. The van der Waals surface area contributed by atoms with Crippen LogP contribution in [0, 0.1) is 0 Å². The van der Waals surface area contributed by atoms with Gasteiger partial charge in [-0.3, -0.25) is 4.79 Å². The van der Waals surface area contributed by atoms with Gasteiger partial charge in [-0.25, -0.2) is 4.79 Å². The maximum atomic E-state index is 12.3. The van der Waals surface area contributed by atoms with Crippen molar-refractivity contribution in [2.45, 2.75) is 26.4 Å². The highest BCUT2D eigenvalue weighted by Gasteiger charge is 2.16. The summed E-state index contributed by atoms with van der Waals surface area (Å²) in [6.07, 6.45) is 0.0188. The van der Waals surface area contributed by atoms with E-state index < -0.39 is 12.1 Å². The lowest BCUT2D eigenvalue weighted by molar-refractivity contribution is -0.151. The first-order chi connectivity index (χ1) is 12.4. The molecule has 0 unspecified atom stereocenters. The van der Waals surface area contributed by atoms with E-state index in [4.69, 9.17) is 32.7 Å². The van der Waals surface area contributed by atoms with Crippen molar-refractivity contribution in [2.75, 3.05) is 11.9 Å². The van der Waals surface area contributed by atoms with Crippen LogP contribution in [0.25, 0.3) is 0 Å². The summed E-state index contributed by atoms with van der Waals surface area (Å²) in [5.74, 6) is -0.302. The van der Waals surface area contributed by atoms with Gasteiger partial charge in [0.1, 0.15) is 5.75 Å². The molecule has 0 spiro atoms. The van der Waals surface area contributed by atoms with Gasteiger partial charge in [-0.2, -0.15) is 0 Å². The Kier molecular flexibility index (Phi) is 7.30. The Bertz CT molecular complexity index is 778. The average Bonchev–Trinajstić information content (AvgIpc) is 2.63. The smallest absolute Gasteiger partial charge is 0.347 e. The molecule has 0 aliphatic rings. The lowest BCUT2D eigenvalue weighted by atomic mass is 10.2. The van der Waals surface area contributed by atoms with Gasteiger partial charge >= 0.3 is 5.97 Å². The lowest BCUT2D eigenvalue weighted by Gasteiger charge is -2.14. The third-order valence-electron chi connectivity index (χ3n) is 3.39. The van der Waals surface area contributed by atoms with Crippen LogP contribution < -0.4 is 10.1 Å². The van der Waals surface area contributed by atoms with Crippen LogP contribution in [-0.4, -0.2) is 24.6 Å². The van der Waals surface area contributed by atoms with Crippen LogP contribution in [0.15, 0.2) is 42.5 Å². The van der Waals surface area contributed by atoms with Gasteiger partial charge in [0.25, 0.3) is 5.91 Å². The number of ether oxygens (including phenoxy) is 2. The Labute approximate surface area is 162 Å². The molecule has 0 heterocycles. The van der Waals surface area contributed by atoms with E-state index >= 15 is 0 Å². The lowest BCUT2D eigenvalue weighted by Crippen LogP contribution is -2.26. The fourth-order valence-corrected chi connectivity index (χ4v) is 2.38. The summed E-state index contributed by atoms with van der Waals surface area (Å²) in [5.41, 5.74) is 0.839. The largest absolute Gasteiger partial charge is 0.479 e. The van der Waals surface area contributed by atoms with Crippen LogP contribution in [0.1, 0.15) is 30.6 Å². The zero-order valence-electron chi connectivity index (χ0n) is 14.4. The molecule has 1 amide bonds. The molecule has 5 nitrogen and oxygen atoms in total. The molecule has 1 atom stereocenters. The van der Waals surface area contributed by atoms with Crippen molar-refractivity contribution in [2.24, 2.45) is 0 Å². The number of hydrogen-bond acceptors (Lipinski definition) is 4. The summed E-state index contributed by atoms with van der Waals surface area (Å²) in [7, 11) is 0. The van der Waals surface area contributed by atoms with Crippen molar-refractivity contribution in [1.29, 1.82) is 0 Å². The van der Waals surface area contributed by atoms with Crippen LogP contribution in [0.3, 0.4) is 0 Å². The zero-order valence-corrected chi connectivity index (χ0v) is 15.9. The molecule has 0 aliphatic heterocycles. The van der Waals surface area contributed by atoms with E-state index in [0.717, 1.165) is 6.42 Å². The second-order valence-electron chi connectivity index (χ2n) is 5.53. The highest BCUT2D eigenvalue weighted by atomic mass is 35.5. The van der Waals surface area contributed by atoms with Gasteiger partial charge in [0.2, 0.25) is 0 Å². The highest BCUT2D eigenvalue weighted by Crippen LogP contribution is 2.26. The predicted octanol–water partition coefficient (Wildman–Crippen LogP) is 4.97. The van der Waals surface area contributed by atoms with Crippen LogP contribution in [0.4, 0.5) is 5.69 Å². The number of esters is 1. The number of amides is 1. The quantitative estimate of drug-likeness (QED) is 0.672. The molecule has 138 valence electrons. The Hall–Kier alpha value is -2.24. The standard InChI is InChI=1S/C19H19Cl2NO4/c1-3-10-25-19(24)12(2)26-15-7-4-13(5-8-15)18(23)22-17-11-14(20)6-9-16(17)21/h4-9,11-12H,3,10H2,1-2H3,(H,22,23)/t12-/m1/s1. The summed E-state index contributed by atoms with van der Waals surface area (Å²) >= 11 is 11.9. The maximum absolute atomic E-state index is 12.3. The summed E-state index contributed by atoms with van der Waals surface area (Å²) in [6, 6.07) is 11.2. The van der Waals surface area contributed by atoms with Gasteiger partial charge < -0.3 is 14.8 Å². The molecule has 2 aromatic carbocycles. The van der Waals surface area contributed by atoms with Crippen LogP contribution in [0.2, 0.25) is 10.0 Å². The summed E-state index contributed by atoms with van der Waals surface area (Å²) in [4.78, 5) is 24.0. The Balaban J connectivity index is 1.99. The first-order valence-corrected chi connectivity index (χ1v) is 8.86. The van der Waals surface area contributed by atoms with Gasteiger partial charge in [0.15, 0.2) is 6.10 Å². The maximum Gasteiger partial charge on any atom is 0.347 e. The number of carbonyl (C=O) groups is 2. The van der Waals surface area contributed by atoms with Crippen molar-refractivity contribution in [1.82, 2.24) is 0 Å². The normalized spacial score (nSPS) is 11.5. The summed E-state index contributed by atoms with van der Waals surface area (Å²) < 4.78 is 10.5. The predicted molar refractivity (Wildman–Crippen MR) is 102 cm³/mol. The number of carbonyl (C=O) groups excluding carboxylic acids is 2. The minimum atomic E-state index is -0.730. The fraction of sp³-hybridized carbons (Fsp3) is 0.263. The van der Waals surface area contributed by atoms with Crippen molar-refractivity contribution in [3.05, 3.63) is 58.1 Å². The Morgan fingerprint density at radius 1 is 1.12 bits per heavy atom. The molecule has 0 radical (unpaired) electrons. The van der Waals surface area contributed by atoms with E-state index in [1.165, 1.54) is 0 Å². The molecule has 0 aromatic heterocycles. The van der Waals surface area contributed by atoms with Crippen LogP contribution >= 0.6 is 23.2 Å². The molecule has 0 saturated carbocycles. The van der Waals surface area contributed by atoms with Gasteiger partial charge in [0, 0.05) is 10.6 Å². The van der Waals surface area contributed by atoms with Gasteiger partial charge in [-0.1, -0.05) is 30.1 Å². The fourth-order valence-electron chi connectivity index (χ4n) is 2.04. The number of benzene rings is 2. The number of rotatable bonds is 7. The molecule has 0 saturated heterocycles. The summed E-state index contributed by atoms with van der Waals surface area (Å²) in [5, 5.41) is 3.56. The Morgan fingerprint density at radius 2 is 1.81 bits per heavy atom. The van der Waals surface area contributed by atoms with E-state index in [1.807, 2.05) is 6.92 Å². The van der Waals surface area contributed by atoms with Gasteiger partial charge in [0.05, 0.1) is 17.3 Å². The van der Waals surface area contributed by atoms with Crippen LogP contribution in [0.5, 0.6) is 5.75 Å². The molecular weight excluding hydrogens is 377 g/mol. The SMILES string of the molecule is CCCOC(=O)[C@@H](C)Oc1ccc(C(=O)Nc2cc(Cl)ccc2Cl)cc1. The molecule has 26 heavy (non-hydrogen) atoms. The van der Waals surface area contributed by atoms with Crippen LogP contribution in [-0.2, 0) is 9.53 Å². The molecule has 2 aromatic rings. The molecule has 0 fully saturated rings. The number of nitrogens with one attached hydrogen (secondary N) is 1. The summed E-state index contributed by atoms with van der Waals surface area (Å²) in [6.45, 7) is 3.89. The van der Waals surface area contributed by atoms with E-state index in [0.29, 0.717) is 33.7 Å². The third kappa shape index (κ3) is 5.64. The number of anilines is 1. The molecule has 0 aliphatic carbocycles. The van der Waals surface area contributed by atoms with Crippen molar-refractivity contribution >= 4 is 40.8 Å².